The van der Waals surface area contributed by atoms with Crippen molar-refractivity contribution in [3.05, 3.63) is 71.3 Å². The number of aryl methyl sites for hydroxylation is 1. The second kappa shape index (κ2) is 8.29. The number of rotatable bonds is 6. The molecule has 126 valence electrons. The molecule has 0 aliphatic rings. The van der Waals surface area contributed by atoms with E-state index in [0.29, 0.717) is 6.42 Å². The highest BCUT2D eigenvalue weighted by molar-refractivity contribution is 5.82. The zero-order chi connectivity index (χ0) is 17.5. The molecule has 0 N–H and O–H groups in total. The van der Waals surface area contributed by atoms with Crippen LogP contribution in [0, 0.1) is 6.92 Å². The van der Waals surface area contributed by atoms with Crippen LogP contribution in [0.3, 0.4) is 0 Å². The van der Waals surface area contributed by atoms with Crippen molar-refractivity contribution in [3.8, 4) is 0 Å². The van der Waals surface area contributed by atoms with Crippen molar-refractivity contribution in [2.75, 3.05) is 20.7 Å². The summed E-state index contributed by atoms with van der Waals surface area (Å²) >= 11 is 0. The van der Waals surface area contributed by atoms with E-state index in [1.807, 2.05) is 55.5 Å². The fourth-order valence-corrected chi connectivity index (χ4v) is 2.75. The number of likely N-dealkylation sites (N-methyl/N-ethyl adjacent to an activating group) is 1. The maximum atomic E-state index is 12.6. The number of methoxy groups -OCH3 is 1. The first-order chi connectivity index (χ1) is 11.5. The molecule has 0 saturated carbocycles. The monoisotopic (exact) mass is 325 g/mol. The van der Waals surface area contributed by atoms with Gasteiger partial charge < -0.3 is 9.64 Å². The van der Waals surface area contributed by atoms with Gasteiger partial charge in [-0.05, 0) is 23.6 Å². The topological polar surface area (TPSA) is 46.6 Å². The number of esters is 1. The predicted molar refractivity (Wildman–Crippen MR) is 93.7 cm³/mol. The largest absolute Gasteiger partial charge is 0.468 e. The lowest BCUT2D eigenvalue weighted by molar-refractivity contribution is -0.146. The number of ether oxygens (including phenoxy) is 1. The van der Waals surface area contributed by atoms with Crippen molar-refractivity contribution >= 4 is 11.9 Å². The zero-order valence-corrected chi connectivity index (χ0v) is 14.4. The minimum atomic E-state index is -0.419. The van der Waals surface area contributed by atoms with E-state index in [1.54, 1.807) is 7.05 Å². The van der Waals surface area contributed by atoms with E-state index in [9.17, 15) is 9.59 Å². The Kier molecular flexibility index (Phi) is 6.13. The second-order valence-electron chi connectivity index (χ2n) is 5.85. The van der Waals surface area contributed by atoms with Crippen LogP contribution in [0.4, 0.5) is 0 Å². The van der Waals surface area contributed by atoms with Crippen LogP contribution in [0.5, 0.6) is 0 Å². The summed E-state index contributed by atoms with van der Waals surface area (Å²) in [4.78, 5) is 25.4. The van der Waals surface area contributed by atoms with Gasteiger partial charge in [-0.25, -0.2) is 0 Å². The normalized spacial score (nSPS) is 11.6. The molecule has 0 radical (unpaired) electrons. The van der Waals surface area contributed by atoms with Crippen LogP contribution < -0.4 is 0 Å². The maximum Gasteiger partial charge on any atom is 0.325 e. The standard InChI is InChI=1S/C20H23NO3/c1-15-9-7-8-12-17(15)18(16-10-5-4-6-11-16)13-19(22)21(2)14-20(23)24-3/h4-12,18H,13-14H2,1-3H3/t18-/m1/s1. The first kappa shape index (κ1) is 17.7. The Morgan fingerprint density at radius 3 is 2.29 bits per heavy atom. The molecule has 0 aliphatic heterocycles. The van der Waals surface area contributed by atoms with Crippen LogP contribution in [0.2, 0.25) is 0 Å². The van der Waals surface area contributed by atoms with E-state index in [4.69, 9.17) is 0 Å². The van der Waals surface area contributed by atoms with Crippen LogP contribution in [-0.4, -0.2) is 37.5 Å². The fraction of sp³-hybridized carbons (Fsp3) is 0.300. The van der Waals surface area contributed by atoms with Crippen molar-refractivity contribution in [1.82, 2.24) is 4.90 Å². The Hall–Kier alpha value is -2.62. The Bertz CT molecular complexity index is 697. The van der Waals surface area contributed by atoms with Crippen molar-refractivity contribution in [1.29, 1.82) is 0 Å². The molecular formula is C20H23NO3. The lowest BCUT2D eigenvalue weighted by Crippen LogP contribution is -2.33. The van der Waals surface area contributed by atoms with E-state index < -0.39 is 5.97 Å². The highest BCUT2D eigenvalue weighted by atomic mass is 16.5. The Morgan fingerprint density at radius 2 is 1.67 bits per heavy atom. The summed E-state index contributed by atoms with van der Waals surface area (Å²) < 4.78 is 4.63. The van der Waals surface area contributed by atoms with E-state index in [0.717, 1.165) is 16.7 Å². The number of carbonyl (C=O) groups excluding carboxylic acids is 2. The van der Waals surface area contributed by atoms with Crippen molar-refractivity contribution in [2.24, 2.45) is 0 Å². The second-order valence-corrected chi connectivity index (χ2v) is 5.85. The van der Waals surface area contributed by atoms with Gasteiger partial charge in [-0.15, -0.1) is 0 Å². The fourth-order valence-electron chi connectivity index (χ4n) is 2.75. The molecule has 0 heterocycles. The van der Waals surface area contributed by atoms with E-state index in [-0.39, 0.29) is 18.4 Å². The van der Waals surface area contributed by atoms with Gasteiger partial charge in [0.15, 0.2) is 0 Å². The first-order valence-electron chi connectivity index (χ1n) is 7.94. The van der Waals surface area contributed by atoms with E-state index in [2.05, 4.69) is 10.8 Å². The van der Waals surface area contributed by atoms with Crippen molar-refractivity contribution < 1.29 is 14.3 Å². The van der Waals surface area contributed by atoms with Crippen LogP contribution in [0.25, 0.3) is 0 Å². The number of benzene rings is 2. The summed E-state index contributed by atoms with van der Waals surface area (Å²) in [6.45, 7) is 2.01. The van der Waals surface area contributed by atoms with E-state index >= 15 is 0 Å². The highest BCUT2D eigenvalue weighted by Crippen LogP contribution is 2.30. The molecule has 2 rings (SSSR count). The SMILES string of the molecule is COC(=O)CN(C)C(=O)C[C@H](c1ccccc1)c1ccccc1C. The molecule has 0 fully saturated rings. The number of hydrogen-bond acceptors (Lipinski definition) is 3. The summed E-state index contributed by atoms with van der Waals surface area (Å²) in [5, 5.41) is 0. The first-order valence-corrected chi connectivity index (χ1v) is 7.94. The lowest BCUT2D eigenvalue weighted by Gasteiger charge is -2.23. The summed E-state index contributed by atoms with van der Waals surface area (Å²) in [7, 11) is 2.94. The minimum Gasteiger partial charge on any atom is -0.468 e. The maximum absolute atomic E-state index is 12.6. The van der Waals surface area contributed by atoms with E-state index in [1.165, 1.54) is 12.0 Å². The Balaban J connectivity index is 2.26. The molecule has 4 nitrogen and oxygen atoms in total. The van der Waals surface area contributed by atoms with Gasteiger partial charge in [0, 0.05) is 19.4 Å². The smallest absolute Gasteiger partial charge is 0.325 e. The summed E-state index contributed by atoms with van der Waals surface area (Å²) in [6, 6.07) is 18.1. The molecule has 1 amide bonds. The van der Waals surface area contributed by atoms with Crippen LogP contribution in [0.1, 0.15) is 29.0 Å². The van der Waals surface area contributed by atoms with Gasteiger partial charge >= 0.3 is 5.97 Å². The average molecular weight is 325 g/mol. The van der Waals surface area contributed by atoms with Gasteiger partial charge in [-0.1, -0.05) is 54.6 Å². The molecule has 0 unspecified atom stereocenters. The highest BCUT2D eigenvalue weighted by Gasteiger charge is 2.22. The number of carbonyl (C=O) groups is 2. The molecule has 0 aliphatic carbocycles. The Morgan fingerprint density at radius 1 is 1.04 bits per heavy atom. The molecule has 0 bridgehead atoms. The molecule has 2 aromatic rings. The molecule has 24 heavy (non-hydrogen) atoms. The molecule has 1 atom stereocenters. The van der Waals surface area contributed by atoms with Gasteiger partial charge in [0.25, 0.3) is 0 Å². The average Bonchev–Trinajstić information content (AvgIpc) is 2.60. The quantitative estimate of drug-likeness (QED) is 0.767. The molecular weight excluding hydrogens is 302 g/mol. The van der Waals surface area contributed by atoms with Gasteiger partial charge in [0.2, 0.25) is 5.91 Å². The predicted octanol–water partition coefficient (Wildman–Crippen LogP) is 3.15. The van der Waals surface area contributed by atoms with Crippen LogP contribution >= 0.6 is 0 Å². The molecule has 2 aromatic carbocycles. The molecule has 0 aromatic heterocycles. The van der Waals surface area contributed by atoms with Crippen LogP contribution in [0.15, 0.2) is 54.6 Å². The van der Waals surface area contributed by atoms with Crippen LogP contribution in [-0.2, 0) is 14.3 Å². The number of nitrogens with zero attached hydrogens (tertiary/aromatic N) is 1. The summed E-state index contributed by atoms with van der Waals surface area (Å²) in [6.07, 6.45) is 0.308. The van der Waals surface area contributed by atoms with Crippen molar-refractivity contribution in [3.63, 3.8) is 0 Å². The van der Waals surface area contributed by atoms with Gasteiger partial charge in [0.05, 0.1) is 7.11 Å². The Labute approximate surface area is 143 Å². The third-order valence-electron chi connectivity index (χ3n) is 4.16. The number of amides is 1. The molecule has 0 saturated heterocycles. The minimum absolute atomic E-state index is 0.0371. The van der Waals surface area contributed by atoms with Gasteiger partial charge in [0.1, 0.15) is 6.54 Å². The summed E-state index contributed by atoms with van der Waals surface area (Å²) in [5.41, 5.74) is 3.37. The van der Waals surface area contributed by atoms with Gasteiger partial charge in [-0.2, -0.15) is 0 Å². The third-order valence-corrected chi connectivity index (χ3v) is 4.16. The number of hydrogen-bond donors (Lipinski definition) is 0. The van der Waals surface area contributed by atoms with Gasteiger partial charge in [-0.3, -0.25) is 9.59 Å². The zero-order valence-electron chi connectivity index (χ0n) is 14.4. The summed E-state index contributed by atoms with van der Waals surface area (Å²) in [5.74, 6) is -0.546. The third kappa shape index (κ3) is 4.44. The molecule has 0 spiro atoms. The molecule has 4 heteroatoms. The van der Waals surface area contributed by atoms with Crippen molar-refractivity contribution in [2.45, 2.75) is 19.3 Å². The lowest BCUT2D eigenvalue weighted by atomic mass is 9.86.